The van der Waals surface area contributed by atoms with E-state index in [0.29, 0.717) is 6.54 Å². The molecule has 25 heavy (non-hydrogen) atoms. The molecular formula is C18H17F2N3O2. The van der Waals surface area contributed by atoms with Gasteiger partial charge < -0.3 is 9.80 Å². The van der Waals surface area contributed by atoms with Gasteiger partial charge in [0, 0.05) is 45.0 Å². The van der Waals surface area contributed by atoms with Gasteiger partial charge >= 0.3 is 0 Å². The van der Waals surface area contributed by atoms with E-state index < -0.39 is 17.6 Å². The maximum atomic E-state index is 13.9. The Labute approximate surface area is 143 Å². The average molecular weight is 345 g/mol. The van der Waals surface area contributed by atoms with Gasteiger partial charge in [0.15, 0.2) is 0 Å². The van der Waals surface area contributed by atoms with Crippen LogP contribution in [0.15, 0.2) is 42.7 Å². The number of hydrogen-bond acceptors (Lipinski definition) is 3. The lowest BCUT2D eigenvalue weighted by atomic mass is 10.1. The van der Waals surface area contributed by atoms with E-state index in [4.69, 9.17) is 0 Å². The molecular weight excluding hydrogens is 328 g/mol. The zero-order valence-corrected chi connectivity index (χ0v) is 13.7. The molecule has 130 valence electrons. The molecule has 0 saturated carbocycles. The fraction of sp³-hybridized carbons (Fsp3) is 0.278. The van der Waals surface area contributed by atoms with Crippen molar-refractivity contribution in [3.05, 3.63) is 59.9 Å². The quantitative estimate of drug-likeness (QED) is 0.855. The minimum Gasteiger partial charge on any atom is -0.341 e. The molecule has 0 spiro atoms. The number of hydrogen-bond donors (Lipinski definition) is 0. The van der Waals surface area contributed by atoms with Gasteiger partial charge in [0.05, 0.1) is 11.6 Å². The maximum absolute atomic E-state index is 13.9. The highest BCUT2D eigenvalue weighted by molar-refractivity contribution is 6.00. The molecule has 1 fully saturated rings. The second kappa shape index (κ2) is 6.96. The molecule has 5 nitrogen and oxygen atoms in total. The lowest BCUT2D eigenvalue weighted by Crippen LogP contribution is -2.34. The van der Waals surface area contributed by atoms with E-state index >= 15 is 0 Å². The molecule has 0 radical (unpaired) electrons. The molecule has 2 aromatic rings. The molecule has 1 atom stereocenters. The van der Waals surface area contributed by atoms with Crippen molar-refractivity contribution in [2.45, 2.75) is 13.0 Å². The summed E-state index contributed by atoms with van der Waals surface area (Å²) < 4.78 is 27.0. The number of carbonyl (C=O) groups excluding carboxylic acids is 2. The molecule has 0 bridgehead atoms. The molecule has 0 aliphatic carbocycles. The molecule has 7 heteroatoms. The predicted octanol–water partition coefficient (Wildman–Crippen LogP) is 2.37. The highest BCUT2D eigenvalue weighted by atomic mass is 19.1. The van der Waals surface area contributed by atoms with Crippen molar-refractivity contribution in [2.24, 2.45) is 5.92 Å². The lowest BCUT2D eigenvalue weighted by molar-refractivity contribution is -0.135. The molecule has 1 aliphatic heterocycles. The zero-order chi connectivity index (χ0) is 18.0. The Kier molecular flexibility index (Phi) is 4.74. The molecule has 1 saturated heterocycles. The molecule has 3 rings (SSSR count). The van der Waals surface area contributed by atoms with Crippen molar-refractivity contribution >= 4 is 17.5 Å². The SMILES string of the molecule is CN(Cc1cccnc1)C(=O)C1CC(=O)N(c2ccc(F)cc2F)C1. The molecule has 2 amide bonds. The van der Waals surface area contributed by atoms with Crippen molar-refractivity contribution in [1.82, 2.24) is 9.88 Å². The topological polar surface area (TPSA) is 53.5 Å². The third-order valence-electron chi connectivity index (χ3n) is 4.19. The molecule has 2 heterocycles. The first kappa shape index (κ1) is 17.0. The smallest absolute Gasteiger partial charge is 0.228 e. The van der Waals surface area contributed by atoms with Crippen LogP contribution in [0.25, 0.3) is 0 Å². The highest BCUT2D eigenvalue weighted by Gasteiger charge is 2.37. The van der Waals surface area contributed by atoms with Gasteiger partial charge in [-0.2, -0.15) is 0 Å². The highest BCUT2D eigenvalue weighted by Crippen LogP contribution is 2.28. The number of carbonyl (C=O) groups is 2. The van der Waals surface area contributed by atoms with E-state index in [9.17, 15) is 18.4 Å². The summed E-state index contributed by atoms with van der Waals surface area (Å²) in [6, 6.07) is 6.68. The van der Waals surface area contributed by atoms with Crippen LogP contribution in [0.5, 0.6) is 0 Å². The van der Waals surface area contributed by atoms with Gasteiger partial charge in [-0.15, -0.1) is 0 Å². The lowest BCUT2D eigenvalue weighted by Gasteiger charge is -2.21. The number of anilines is 1. The number of pyridine rings is 1. The Morgan fingerprint density at radius 2 is 2.16 bits per heavy atom. The standard InChI is InChI=1S/C18H17F2N3O2/c1-22(10-12-3-2-6-21-9-12)18(25)13-7-17(24)23(11-13)16-5-4-14(19)8-15(16)20/h2-6,8-9,13H,7,10-11H2,1H3. The number of aromatic nitrogens is 1. The molecule has 1 aliphatic rings. The van der Waals surface area contributed by atoms with Crippen LogP contribution in [-0.2, 0) is 16.1 Å². The van der Waals surface area contributed by atoms with Crippen molar-refractivity contribution in [1.29, 1.82) is 0 Å². The van der Waals surface area contributed by atoms with Crippen LogP contribution in [0.4, 0.5) is 14.5 Å². The van der Waals surface area contributed by atoms with Crippen molar-refractivity contribution < 1.29 is 18.4 Å². The van der Waals surface area contributed by atoms with Gasteiger partial charge in [0.25, 0.3) is 0 Å². The van der Waals surface area contributed by atoms with Crippen LogP contribution < -0.4 is 4.90 Å². The third-order valence-corrected chi connectivity index (χ3v) is 4.19. The Balaban J connectivity index is 1.70. The van der Waals surface area contributed by atoms with Crippen LogP contribution in [-0.4, -0.2) is 35.3 Å². The van der Waals surface area contributed by atoms with E-state index in [1.54, 1.807) is 25.5 Å². The second-order valence-electron chi connectivity index (χ2n) is 6.06. The van der Waals surface area contributed by atoms with E-state index in [0.717, 1.165) is 17.7 Å². The summed E-state index contributed by atoms with van der Waals surface area (Å²) in [7, 11) is 1.65. The second-order valence-corrected chi connectivity index (χ2v) is 6.06. The summed E-state index contributed by atoms with van der Waals surface area (Å²) in [6.07, 6.45) is 3.33. The Morgan fingerprint density at radius 3 is 2.84 bits per heavy atom. The van der Waals surface area contributed by atoms with Gasteiger partial charge in [-0.3, -0.25) is 14.6 Å². The first-order chi connectivity index (χ1) is 12.0. The minimum atomic E-state index is -0.815. The van der Waals surface area contributed by atoms with Crippen molar-refractivity contribution in [3.63, 3.8) is 0 Å². The van der Waals surface area contributed by atoms with Gasteiger partial charge in [0.2, 0.25) is 11.8 Å². The van der Waals surface area contributed by atoms with E-state index in [1.165, 1.54) is 15.9 Å². The largest absolute Gasteiger partial charge is 0.341 e. The van der Waals surface area contributed by atoms with E-state index in [-0.39, 0.29) is 30.5 Å². The summed E-state index contributed by atoms with van der Waals surface area (Å²) in [6.45, 7) is 0.458. The van der Waals surface area contributed by atoms with E-state index in [2.05, 4.69) is 4.98 Å². The minimum absolute atomic E-state index is 0.00314. The fourth-order valence-electron chi connectivity index (χ4n) is 2.96. The first-order valence-corrected chi connectivity index (χ1v) is 7.85. The van der Waals surface area contributed by atoms with Crippen LogP contribution in [0.2, 0.25) is 0 Å². The third kappa shape index (κ3) is 3.65. The van der Waals surface area contributed by atoms with Gasteiger partial charge in [-0.1, -0.05) is 6.07 Å². The van der Waals surface area contributed by atoms with Crippen molar-refractivity contribution in [3.8, 4) is 0 Å². The number of amides is 2. The summed E-state index contributed by atoms with van der Waals surface area (Å²) in [5.41, 5.74) is 0.876. The number of nitrogens with zero attached hydrogens (tertiary/aromatic N) is 3. The van der Waals surface area contributed by atoms with Gasteiger partial charge in [0.1, 0.15) is 11.6 Å². The number of benzene rings is 1. The van der Waals surface area contributed by atoms with Crippen LogP contribution in [0, 0.1) is 17.6 Å². The van der Waals surface area contributed by atoms with E-state index in [1.807, 2.05) is 6.07 Å². The van der Waals surface area contributed by atoms with Crippen LogP contribution in [0.3, 0.4) is 0 Å². The molecule has 1 unspecified atom stereocenters. The monoisotopic (exact) mass is 345 g/mol. The molecule has 0 N–H and O–H groups in total. The Morgan fingerprint density at radius 1 is 1.36 bits per heavy atom. The van der Waals surface area contributed by atoms with Crippen LogP contribution in [0.1, 0.15) is 12.0 Å². The molecule has 1 aromatic heterocycles. The molecule has 1 aromatic carbocycles. The summed E-state index contributed by atoms with van der Waals surface area (Å²) >= 11 is 0. The summed E-state index contributed by atoms with van der Waals surface area (Å²) in [5.74, 6) is -2.62. The number of halogens is 2. The van der Waals surface area contributed by atoms with Gasteiger partial charge in [-0.05, 0) is 23.8 Å². The van der Waals surface area contributed by atoms with Gasteiger partial charge in [-0.25, -0.2) is 8.78 Å². The zero-order valence-electron chi connectivity index (χ0n) is 13.7. The average Bonchev–Trinajstić information content (AvgIpc) is 2.96. The fourth-order valence-corrected chi connectivity index (χ4v) is 2.96. The van der Waals surface area contributed by atoms with Crippen LogP contribution >= 0.6 is 0 Å². The normalized spacial score (nSPS) is 17.0. The first-order valence-electron chi connectivity index (χ1n) is 7.85. The van der Waals surface area contributed by atoms with Crippen molar-refractivity contribution in [2.75, 3.05) is 18.5 Å². The number of rotatable bonds is 4. The summed E-state index contributed by atoms with van der Waals surface area (Å²) in [5, 5.41) is 0. The Bertz CT molecular complexity index is 798. The maximum Gasteiger partial charge on any atom is 0.228 e. The predicted molar refractivity (Wildman–Crippen MR) is 87.5 cm³/mol. The summed E-state index contributed by atoms with van der Waals surface area (Å²) in [4.78, 5) is 31.5. The Hall–Kier alpha value is -2.83.